The molecule has 8 heteroatoms. The van der Waals surface area contributed by atoms with Gasteiger partial charge in [-0.05, 0) is 19.4 Å². The molecule has 2 amide bonds. The molecule has 1 heterocycles. The highest BCUT2D eigenvalue weighted by Gasteiger charge is 2.34. The molecule has 1 aromatic rings. The van der Waals surface area contributed by atoms with Crippen molar-refractivity contribution in [3.05, 3.63) is 41.1 Å². The highest BCUT2D eigenvalue weighted by atomic mass is 19.3. The third kappa shape index (κ3) is 4.01. The molecule has 0 saturated carbocycles. The molecule has 0 radical (unpaired) electrons. The molecule has 0 aliphatic carbocycles. The third-order valence-corrected chi connectivity index (χ3v) is 3.37. The monoisotopic (exact) mass is 340 g/mol. The Morgan fingerprint density at radius 2 is 2.04 bits per heavy atom. The van der Waals surface area contributed by atoms with Gasteiger partial charge in [0.2, 0.25) is 0 Å². The van der Waals surface area contributed by atoms with E-state index >= 15 is 0 Å². The molecule has 1 aliphatic rings. The average Bonchev–Trinajstić information content (AvgIpc) is 2.51. The van der Waals surface area contributed by atoms with Crippen molar-refractivity contribution in [2.24, 2.45) is 0 Å². The number of ether oxygens (including phenoxy) is 2. The van der Waals surface area contributed by atoms with Gasteiger partial charge in [0.05, 0.1) is 18.2 Å². The largest absolute Gasteiger partial charge is 0.462 e. The fourth-order valence-electron chi connectivity index (χ4n) is 2.39. The van der Waals surface area contributed by atoms with Crippen LogP contribution in [0.15, 0.2) is 35.5 Å². The second-order valence-corrected chi connectivity index (χ2v) is 5.12. The number of benzene rings is 1. The zero-order chi connectivity index (χ0) is 17.7. The Morgan fingerprint density at radius 1 is 1.33 bits per heavy atom. The summed E-state index contributed by atoms with van der Waals surface area (Å²) >= 11 is 0. The topological polar surface area (TPSA) is 76.7 Å². The van der Waals surface area contributed by atoms with Gasteiger partial charge in [-0.2, -0.15) is 8.78 Å². The predicted octanol–water partition coefficient (Wildman–Crippen LogP) is 2.87. The number of allylic oxidation sites excluding steroid dienone is 1. The fraction of sp³-hybridized carbons (Fsp3) is 0.375. The van der Waals surface area contributed by atoms with E-state index in [9.17, 15) is 18.4 Å². The first-order valence-corrected chi connectivity index (χ1v) is 7.43. The minimum Gasteiger partial charge on any atom is -0.462 e. The van der Waals surface area contributed by atoms with Crippen molar-refractivity contribution in [2.45, 2.75) is 32.9 Å². The normalized spacial score (nSPS) is 17.4. The Labute approximate surface area is 137 Å². The van der Waals surface area contributed by atoms with Gasteiger partial charge in [0.1, 0.15) is 5.75 Å². The molecule has 1 aliphatic heterocycles. The molecule has 2 rings (SSSR count). The van der Waals surface area contributed by atoms with Crippen LogP contribution in [0.5, 0.6) is 5.75 Å². The van der Waals surface area contributed by atoms with E-state index in [-0.39, 0.29) is 23.5 Å². The van der Waals surface area contributed by atoms with E-state index in [1.54, 1.807) is 13.0 Å². The molecule has 24 heavy (non-hydrogen) atoms. The zero-order valence-electron chi connectivity index (χ0n) is 13.3. The summed E-state index contributed by atoms with van der Waals surface area (Å²) < 4.78 is 34.9. The summed E-state index contributed by atoms with van der Waals surface area (Å²) in [6.07, 6.45) is 0.633. The summed E-state index contributed by atoms with van der Waals surface area (Å²) in [6.45, 7) is 0.582. The maximum atomic E-state index is 12.6. The Bertz CT molecular complexity index is 661. The Kier molecular flexibility index (Phi) is 5.73. The molecule has 1 atom stereocenters. The van der Waals surface area contributed by atoms with Gasteiger partial charge >= 0.3 is 18.6 Å². The highest BCUT2D eigenvalue weighted by molar-refractivity contribution is 5.95. The number of halogens is 2. The van der Waals surface area contributed by atoms with E-state index in [2.05, 4.69) is 15.4 Å². The molecule has 0 saturated heterocycles. The van der Waals surface area contributed by atoms with Crippen LogP contribution in [-0.2, 0) is 9.53 Å². The molecule has 0 bridgehead atoms. The van der Waals surface area contributed by atoms with Gasteiger partial charge in [0, 0.05) is 11.3 Å². The lowest BCUT2D eigenvalue weighted by atomic mass is 9.95. The van der Waals surface area contributed by atoms with Crippen LogP contribution in [0.1, 0.15) is 31.9 Å². The number of carbonyl (C=O) groups is 2. The standard InChI is InChI=1S/C16H18F2N2O4/c1-3-8-23-14(21)12-9(2)19-16(22)20-13(12)10-6-4-5-7-11(10)24-15(17)18/h4-7,13,15H,3,8H2,1-2H3,(H2,19,20,22). The minimum absolute atomic E-state index is 0.117. The molecule has 0 spiro atoms. The van der Waals surface area contributed by atoms with Crippen LogP contribution in [0.2, 0.25) is 0 Å². The van der Waals surface area contributed by atoms with Crippen LogP contribution in [0.3, 0.4) is 0 Å². The summed E-state index contributed by atoms with van der Waals surface area (Å²) in [5, 5.41) is 5.04. The SMILES string of the molecule is CCCOC(=O)C1=C(C)NC(=O)NC1c1ccccc1OC(F)F. The van der Waals surface area contributed by atoms with E-state index in [0.29, 0.717) is 12.1 Å². The van der Waals surface area contributed by atoms with Gasteiger partial charge < -0.3 is 20.1 Å². The second-order valence-electron chi connectivity index (χ2n) is 5.12. The van der Waals surface area contributed by atoms with Crippen LogP contribution < -0.4 is 15.4 Å². The van der Waals surface area contributed by atoms with Crippen LogP contribution >= 0.6 is 0 Å². The summed E-state index contributed by atoms with van der Waals surface area (Å²) in [6, 6.07) is 4.49. The molecule has 1 unspecified atom stereocenters. The number of nitrogens with one attached hydrogen (secondary N) is 2. The number of amides is 2. The minimum atomic E-state index is -3.02. The number of alkyl halides is 2. The number of hydrogen-bond donors (Lipinski definition) is 2. The number of urea groups is 1. The number of esters is 1. The fourth-order valence-corrected chi connectivity index (χ4v) is 2.39. The van der Waals surface area contributed by atoms with Crippen LogP contribution in [0.25, 0.3) is 0 Å². The van der Waals surface area contributed by atoms with E-state index in [4.69, 9.17) is 4.74 Å². The highest BCUT2D eigenvalue weighted by Crippen LogP contribution is 2.34. The van der Waals surface area contributed by atoms with Gasteiger partial charge in [-0.3, -0.25) is 0 Å². The van der Waals surface area contributed by atoms with E-state index < -0.39 is 24.7 Å². The van der Waals surface area contributed by atoms with Gasteiger partial charge in [-0.15, -0.1) is 0 Å². The first-order valence-electron chi connectivity index (χ1n) is 7.43. The number of para-hydroxylation sites is 1. The van der Waals surface area contributed by atoms with Crippen molar-refractivity contribution in [3.8, 4) is 5.75 Å². The summed E-state index contributed by atoms with van der Waals surface area (Å²) in [5.41, 5.74) is 0.695. The van der Waals surface area contributed by atoms with Crippen LogP contribution in [0, 0.1) is 0 Å². The molecule has 130 valence electrons. The number of rotatable bonds is 6. The van der Waals surface area contributed by atoms with E-state index in [1.807, 2.05) is 6.92 Å². The van der Waals surface area contributed by atoms with Crippen molar-refractivity contribution in [1.29, 1.82) is 0 Å². The lowest BCUT2D eigenvalue weighted by molar-refractivity contribution is -0.139. The van der Waals surface area contributed by atoms with Gasteiger partial charge in [-0.1, -0.05) is 25.1 Å². The van der Waals surface area contributed by atoms with Gasteiger partial charge in [0.25, 0.3) is 0 Å². The average molecular weight is 340 g/mol. The third-order valence-electron chi connectivity index (χ3n) is 3.37. The predicted molar refractivity (Wildman–Crippen MR) is 81.4 cm³/mol. The van der Waals surface area contributed by atoms with Gasteiger partial charge in [-0.25, -0.2) is 9.59 Å². The van der Waals surface area contributed by atoms with Crippen molar-refractivity contribution < 1.29 is 27.8 Å². The molecule has 6 nitrogen and oxygen atoms in total. The van der Waals surface area contributed by atoms with Gasteiger partial charge in [0.15, 0.2) is 0 Å². The van der Waals surface area contributed by atoms with E-state index in [1.165, 1.54) is 18.2 Å². The van der Waals surface area contributed by atoms with Crippen molar-refractivity contribution in [2.75, 3.05) is 6.61 Å². The molecule has 1 aromatic carbocycles. The first-order chi connectivity index (χ1) is 11.4. The first kappa shape index (κ1) is 17.7. The van der Waals surface area contributed by atoms with Crippen LogP contribution in [-0.4, -0.2) is 25.2 Å². The van der Waals surface area contributed by atoms with Crippen molar-refractivity contribution >= 4 is 12.0 Å². The molecule has 2 N–H and O–H groups in total. The Hall–Kier alpha value is -2.64. The van der Waals surface area contributed by atoms with Crippen molar-refractivity contribution in [3.63, 3.8) is 0 Å². The molecule has 0 aromatic heterocycles. The Balaban J connectivity index is 2.44. The quantitative estimate of drug-likeness (QED) is 0.781. The molecular weight excluding hydrogens is 322 g/mol. The Morgan fingerprint density at radius 3 is 2.71 bits per heavy atom. The smallest absolute Gasteiger partial charge is 0.387 e. The lowest BCUT2D eigenvalue weighted by Crippen LogP contribution is -2.45. The van der Waals surface area contributed by atoms with Crippen LogP contribution in [0.4, 0.5) is 13.6 Å². The van der Waals surface area contributed by atoms with E-state index in [0.717, 1.165) is 0 Å². The summed E-state index contributed by atoms with van der Waals surface area (Å²) in [4.78, 5) is 24.1. The summed E-state index contributed by atoms with van der Waals surface area (Å²) in [7, 11) is 0. The maximum absolute atomic E-state index is 12.6. The second kappa shape index (κ2) is 7.76. The lowest BCUT2D eigenvalue weighted by Gasteiger charge is -2.29. The summed E-state index contributed by atoms with van der Waals surface area (Å²) in [5.74, 6) is -0.744. The number of hydrogen-bond acceptors (Lipinski definition) is 4. The molecule has 0 fully saturated rings. The maximum Gasteiger partial charge on any atom is 0.387 e. The zero-order valence-corrected chi connectivity index (χ0v) is 13.3. The number of carbonyl (C=O) groups excluding carboxylic acids is 2. The molecular formula is C16H18F2N2O4. The van der Waals surface area contributed by atoms with Crippen molar-refractivity contribution in [1.82, 2.24) is 10.6 Å².